The van der Waals surface area contributed by atoms with E-state index in [1.165, 1.54) is 6.07 Å². The number of benzene rings is 2. The standard InChI is InChI=1S/C15H16FN3O/c1-19(9-10-2-5-12(17)6-3-10)14-7-4-11(15(18)20)8-13(14)16/h2-8H,9,17H2,1H3,(H2,18,20). The van der Waals surface area contributed by atoms with Crippen molar-refractivity contribution in [3.05, 3.63) is 59.4 Å². The predicted molar refractivity (Wildman–Crippen MR) is 77.9 cm³/mol. The highest BCUT2D eigenvalue weighted by Gasteiger charge is 2.11. The number of hydrogen-bond donors (Lipinski definition) is 2. The molecule has 104 valence electrons. The van der Waals surface area contributed by atoms with Gasteiger partial charge in [-0.3, -0.25) is 4.79 Å². The summed E-state index contributed by atoms with van der Waals surface area (Å²) < 4.78 is 14.0. The second kappa shape index (κ2) is 5.61. The Morgan fingerprint density at radius 3 is 2.40 bits per heavy atom. The minimum Gasteiger partial charge on any atom is -0.399 e. The molecule has 2 aromatic carbocycles. The summed E-state index contributed by atoms with van der Waals surface area (Å²) in [5.41, 5.74) is 13.0. The number of anilines is 2. The van der Waals surface area contributed by atoms with E-state index in [0.717, 1.165) is 11.6 Å². The number of halogens is 1. The fourth-order valence-corrected chi connectivity index (χ4v) is 1.95. The zero-order valence-electron chi connectivity index (χ0n) is 11.1. The lowest BCUT2D eigenvalue weighted by Gasteiger charge is -2.20. The molecule has 0 spiro atoms. The SMILES string of the molecule is CN(Cc1ccc(N)cc1)c1ccc(C(N)=O)cc1F. The van der Waals surface area contributed by atoms with E-state index >= 15 is 0 Å². The third-order valence-electron chi connectivity index (χ3n) is 3.04. The summed E-state index contributed by atoms with van der Waals surface area (Å²) in [6.07, 6.45) is 0. The van der Waals surface area contributed by atoms with Crippen molar-refractivity contribution in [3.8, 4) is 0 Å². The fourth-order valence-electron chi connectivity index (χ4n) is 1.95. The zero-order valence-corrected chi connectivity index (χ0v) is 11.1. The smallest absolute Gasteiger partial charge is 0.248 e. The first-order valence-corrected chi connectivity index (χ1v) is 6.12. The van der Waals surface area contributed by atoms with Crippen molar-refractivity contribution >= 4 is 17.3 Å². The van der Waals surface area contributed by atoms with Crippen molar-refractivity contribution < 1.29 is 9.18 Å². The van der Waals surface area contributed by atoms with E-state index in [9.17, 15) is 9.18 Å². The van der Waals surface area contributed by atoms with Gasteiger partial charge in [0, 0.05) is 24.8 Å². The molecule has 0 atom stereocenters. The van der Waals surface area contributed by atoms with Crippen LogP contribution < -0.4 is 16.4 Å². The first-order chi connectivity index (χ1) is 9.47. The van der Waals surface area contributed by atoms with Gasteiger partial charge in [-0.25, -0.2) is 4.39 Å². The van der Waals surface area contributed by atoms with Crippen molar-refractivity contribution in [2.75, 3.05) is 17.7 Å². The summed E-state index contributed by atoms with van der Waals surface area (Å²) in [5.74, 6) is -1.11. The van der Waals surface area contributed by atoms with Crippen LogP contribution in [0.2, 0.25) is 0 Å². The molecule has 0 heterocycles. The van der Waals surface area contributed by atoms with Gasteiger partial charge in [0.15, 0.2) is 0 Å². The quantitative estimate of drug-likeness (QED) is 0.838. The van der Waals surface area contributed by atoms with Crippen LogP contribution in [0.15, 0.2) is 42.5 Å². The molecule has 0 aliphatic carbocycles. The number of nitrogens with two attached hydrogens (primary N) is 2. The third-order valence-corrected chi connectivity index (χ3v) is 3.04. The van der Waals surface area contributed by atoms with E-state index in [0.29, 0.717) is 17.9 Å². The van der Waals surface area contributed by atoms with Crippen LogP contribution in [-0.4, -0.2) is 13.0 Å². The number of nitrogens with zero attached hydrogens (tertiary/aromatic N) is 1. The summed E-state index contributed by atoms with van der Waals surface area (Å²) in [5, 5.41) is 0. The molecule has 0 saturated heterocycles. The van der Waals surface area contributed by atoms with Gasteiger partial charge in [0.1, 0.15) is 5.82 Å². The van der Waals surface area contributed by atoms with Gasteiger partial charge in [-0.05, 0) is 35.9 Å². The van der Waals surface area contributed by atoms with Crippen molar-refractivity contribution in [3.63, 3.8) is 0 Å². The van der Waals surface area contributed by atoms with Gasteiger partial charge in [-0.1, -0.05) is 12.1 Å². The second-order valence-corrected chi connectivity index (χ2v) is 4.63. The Kier molecular flexibility index (Phi) is 3.89. The molecule has 2 aromatic rings. The number of carbonyl (C=O) groups excluding carboxylic acids is 1. The monoisotopic (exact) mass is 273 g/mol. The van der Waals surface area contributed by atoms with Gasteiger partial charge in [0.05, 0.1) is 5.69 Å². The summed E-state index contributed by atoms with van der Waals surface area (Å²) in [6, 6.07) is 11.6. The number of amides is 1. The highest BCUT2D eigenvalue weighted by Crippen LogP contribution is 2.21. The number of hydrogen-bond acceptors (Lipinski definition) is 3. The molecule has 4 nitrogen and oxygen atoms in total. The Bertz CT molecular complexity index is 626. The van der Waals surface area contributed by atoms with Crippen molar-refractivity contribution in [1.29, 1.82) is 0 Å². The molecule has 0 fully saturated rings. The summed E-state index contributed by atoms with van der Waals surface area (Å²) in [4.78, 5) is 12.7. The molecule has 0 saturated carbocycles. The Balaban J connectivity index is 2.18. The van der Waals surface area contributed by atoms with E-state index in [1.54, 1.807) is 30.1 Å². The summed E-state index contributed by atoms with van der Waals surface area (Å²) >= 11 is 0. The average molecular weight is 273 g/mol. The van der Waals surface area contributed by atoms with Crippen LogP contribution in [0.1, 0.15) is 15.9 Å². The first kappa shape index (κ1) is 13.9. The maximum absolute atomic E-state index is 14.0. The van der Waals surface area contributed by atoms with Gasteiger partial charge < -0.3 is 16.4 Å². The molecule has 1 amide bonds. The lowest BCUT2D eigenvalue weighted by molar-refractivity contribution is 0.1000. The molecule has 5 heteroatoms. The molecule has 0 aliphatic rings. The first-order valence-electron chi connectivity index (χ1n) is 6.12. The van der Waals surface area contributed by atoms with Gasteiger partial charge in [0.2, 0.25) is 5.91 Å². The van der Waals surface area contributed by atoms with Crippen LogP contribution in [0.4, 0.5) is 15.8 Å². The summed E-state index contributed by atoms with van der Waals surface area (Å²) in [7, 11) is 1.78. The maximum Gasteiger partial charge on any atom is 0.248 e. The van der Waals surface area contributed by atoms with Gasteiger partial charge in [-0.2, -0.15) is 0 Å². The van der Waals surface area contributed by atoms with E-state index < -0.39 is 11.7 Å². The van der Waals surface area contributed by atoms with Crippen molar-refractivity contribution in [2.45, 2.75) is 6.54 Å². The van der Waals surface area contributed by atoms with Crippen LogP contribution in [0, 0.1) is 5.82 Å². The highest BCUT2D eigenvalue weighted by molar-refractivity contribution is 5.93. The molecule has 0 radical (unpaired) electrons. The zero-order chi connectivity index (χ0) is 14.7. The molecule has 0 aliphatic heterocycles. The van der Waals surface area contributed by atoms with E-state index in [2.05, 4.69) is 0 Å². The lowest BCUT2D eigenvalue weighted by atomic mass is 10.1. The largest absolute Gasteiger partial charge is 0.399 e. The molecule has 2 rings (SSSR count). The molecule has 0 bridgehead atoms. The van der Waals surface area contributed by atoms with E-state index in [4.69, 9.17) is 11.5 Å². The second-order valence-electron chi connectivity index (χ2n) is 4.63. The van der Waals surface area contributed by atoms with E-state index in [-0.39, 0.29) is 5.56 Å². The minimum absolute atomic E-state index is 0.159. The van der Waals surface area contributed by atoms with Crippen LogP contribution in [0.3, 0.4) is 0 Å². The third kappa shape index (κ3) is 3.06. The van der Waals surface area contributed by atoms with Gasteiger partial charge >= 0.3 is 0 Å². The normalized spacial score (nSPS) is 10.3. The molecule has 20 heavy (non-hydrogen) atoms. The molecule has 4 N–H and O–H groups in total. The van der Waals surface area contributed by atoms with E-state index in [1.807, 2.05) is 12.1 Å². The average Bonchev–Trinajstić information content (AvgIpc) is 2.41. The number of rotatable bonds is 4. The topological polar surface area (TPSA) is 72.3 Å². The summed E-state index contributed by atoms with van der Waals surface area (Å²) in [6.45, 7) is 0.535. The molecule has 0 unspecified atom stereocenters. The van der Waals surface area contributed by atoms with Crippen LogP contribution >= 0.6 is 0 Å². The van der Waals surface area contributed by atoms with Crippen LogP contribution in [0.5, 0.6) is 0 Å². The minimum atomic E-state index is -0.642. The van der Waals surface area contributed by atoms with Gasteiger partial charge in [-0.15, -0.1) is 0 Å². The fraction of sp³-hybridized carbons (Fsp3) is 0.133. The maximum atomic E-state index is 14.0. The van der Waals surface area contributed by atoms with Crippen LogP contribution in [0.25, 0.3) is 0 Å². The molecular weight excluding hydrogens is 257 g/mol. The number of carbonyl (C=O) groups is 1. The Labute approximate surface area is 116 Å². The number of primary amides is 1. The molecule has 0 aromatic heterocycles. The van der Waals surface area contributed by atoms with Crippen molar-refractivity contribution in [2.24, 2.45) is 5.73 Å². The predicted octanol–water partition coefficient (Wildman–Crippen LogP) is 2.14. The Hall–Kier alpha value is -2.56. The molecular formula is C15H16FN3O. The Morgan fingerprint density at radius 2 is 1.85 bits per heavy atom. The highest BCUT2D eigenvalue weighted by atomic mass is 19.1. The lowest BCUT2D eigenvalue weighted by Crippen LogP contribution is -2.18. The number of nitrogen functional groups attached to an aromatic ring is 1. The van der Waals surface area contributed by atoms with Gasteiger partial charge in [0.25, 0.3) is 0 Å². The van der Waals surface area contributed by atoms with Crippen LogP contribution in [-0.2, 0) is 6.54 Å². The Morgan fingerprint density at radius 1 is 1.20 bits per heavy atom. The van der Waals surface area contributed by atoms with Crippen molar-refractivity contribution in [1.82, 2.24) is 0 Å².